The van der Waals surface area contributed by atoms with Crippen molar-refractivity contribution in [1.29, 1.82) is 0 Å². The lowest BCUT2D eigenvalue weighted by molar-refractivity contribution is -0.143. The number of hydrogen-bond acceptors (Lipinski definition) is 12. The normalized spacial score (nSPS) is 17.3. The maximum Gasteiger partial charge on any atom is 0.303 e. The molecule has 0 bridgehead atoms. The molecule has 0 spiro atoms. The Kier molecular flexibility index (Phi) is 17.9. The molecule has 0 aromatic rings. The topological polar surface area (TPSA) is 373 Å². The van der Waals surface area contributed by atoms with Gasteiger partial charge in [-0.3, -0.25) is 47.9 Å². The fourth-order valence-corrected chi connectivity index (χ4v) is 4.80. The Morgan fingerprint density at radius 3 is 1.69 bits per heavy atom. The second kappa shape index (κ2) is 21.0. The first-order valence-corrected chi connectivity index (χ1v) is 16.0. The van der Waals surface area contributed by atoms with Crippen molar-refractivity contribution in [1.82, 2.24) is 31.5 Å². The molecule has 7 atom stereocenters. The van der Waals surface area contributed by atoms with Gasteiger partial charge in [-0.15, -0.1) is 0 Å². The Morgan fingerprint density at radius 1 is 0.686 bits per heavy atom. The zero-order valence-electron chi connectivity index (χ0n) is 28.2. The average Bonchev–Trinajstić information content (AvgIpc) is 3.55. The van der Waals surface area contributed by atoms with Crippen molar-refractivity contribution in [2.45, 2.75) is 108 Å². The van der Waals surface area contributed by atoms with Gasteiger partial charge in [-0.05, 0) is 46.0 Å². The maximum atomic E-state index is 13.2. The predicted molar refractivity (Wildman–Crippen MR) is 172 cm³/mol. The molecule has 1 aliphatic heterocycles. The van der Waals surface area contributed by atoms with Crippen molar-refractivity contribution >= 4 is 59.2 Å². The van der Waals surface area contributed by atoms with Gasteiger partial charge in [0, 0.05) is 25.8 Å². The Hall–Kier alpha value is -5.38. The molecule has 1 saturated heterocycles. The molecule has 0 unspecified atom stereocenters. The Balaban J connectivity index is 3.03. The number of hydrogen-bond donors (Lipinski definition) is 11. The van der Waals surface area contributed by atoms with Gasteiger partial charge < -0.3 is 64.0 Å². The van der Waals surface area contributed by atoms with Gasteiger partial charge in [-0.2, -0.15) is 0 Å². The van der Waals surface area contributed by atoms with E-state index < -0.39 is 134 Å². The van der Waals surface area contributed by atoms with Crippen LogP contribution in [0, 0.1) is 0 Å². The Bertz CT molecular complexity index is 1340. The number of primary amides is 2. The number of aliphatic carboxylic acids is 2. The Labute approximate surface area is 291 Å². The summed E-state index contributed by atoms with van der Waals surface area (Å²) in [4.78, 5) is 124. The smallest absolute Gasteiger partial charge is 0.303 e. The highest BCUT2D eigenvalue weighted by Crippen LogP contribution is 2.19. The fraction of sp³-hybridized carbons (Fsp3) is 0.655. The van der Waals surface area contributed by atoms with Gasteiger partial charge in [0.1, 0.15) is 36.3 Å². The largest absolute Gasteiger partial charge is 0.481 e. The van der Waals surface area contributed by atoms with E-state index in [1.165, 1.54) is 13.8 Å². The van der Waals surface area contributed by atoms with E-state index in [9.17, 15) is 58.2 Å². The van der Waals surface area contributed by atoms with Crippen LogP contribution in [0.15, 0.2) is 0 Å². The van der Waals surface area contributed by atoms with Gasteiger partial charge in [0.2, 0.25) is 47.3 Å². The van der Waals surface area contributed by atoms with Crippen LogP contribution >= 0.6 is 0 Å². The highest BCUT2D eigenvalue weighted by Gasteiger charge is 2.39. The minimum atomic E-state index is -1.63. The number of nitrogens with zero attached hydrogens (tertiary/aromatic N) is 1. The quantitative estimate of drug-likeness (QED) is 0.0495. The minimum absolute atomic E-state index is 0.0959. The summed E-state index contributed by atoms with van der Waals surface area (Å²) >= 11 is 0. The van der Waals surface area contributed by atoms with Crippen molar-refractivity contribution in [3.63, 3.8) is 0 Å². The van der Waals surface area contributed by atoms with E-state index in [2.05, 4.69) is 26.6 Å². The third-order valence-electron chi connectivity index (χ3n) is 7.77. The zero-order chi connectivity index (χ0) is 39.0. The third kappa shape index (κ3) is 15.0. The summed E-state index contributed by atoms with van der Waals surface area (Å²) in [6, 6.07) is -9.55. The number of carboxylic acids is 2. The first-order valence-electron chi connectivity index (χ1n) is 16.0. The summed E-state index contributed by atoms with van der Waals surface area (Å²) in [5.41, 5.74) is 15.9. The van der Waals surface area contributed by atoms with E-state index in [-0.39, 0.29) is 25.8 Å². The van der Waals surface area contributed by atoms with Crippen LogP contribution in [0.1, 0.15) is 65.2 Å². The molecule has 0 saturated carbocycles. The molecule has 1 rings (SSSR count). The molecule has 0 aromatic heterocycles. The van der Waals surface area contributed by atoms with Crippen LogP contribution in [0.25, 0.3) is 0 Å². The van der Waals surface area contributed by atoms with E-state index in [0.717, 1.165) is 4.90 Å². The Morgan fingerprint density at radius 2 is 1.20 bits per heavy atom. The lowest BCUT2D eigenvalue weighted by Crippen LogP contribution is -2.59. The number of carboxylic acid groups (broad SMARTS) is 2. The maximum absolute atomic E-state index is 13.2. The summed E-state index contributed by atoms with van der Waals surface area (Å²) in [5.74, 6) is -9.81. The summed E-state index contributed by atoms with van der Waals surface area (Å²) in [6.45, 7) is 1.73. The van der Waals surface area contributed by atoms with Crippen LogP contribution in [0.5, 0.6) is 0 Å². The summed E-state index contributed by atoms with van der Waals surface area (Å²) < 4.78 is 0. The number of rotatable bonds is 22. The van der Waals surface area contributed by atoms with Gasteiger partial charge in [0.05, 0.1) is 12.6 Å². The molecule has 0 aromatic carbocycles. The van der Waals surface area contributed by atoms with Crippen LogP contribution in [0.2, 0.25) is 0 Å². The number of amides is 8. The van der Waals surface area contributed by atoms with Gasteiger partial charge in [0.15, 0.2) is 0 Å². The van der Waals surface area contributed by atoms with E-state index in [4.69, 9.17) is 22.3 Å². The van der Waals surface area contributed by atoms with Gasteiger partial charge in [0.25, 0.3) is 0 Å². The van der Waals surface area contributed by atoms with Crippen molar-refractivity contribution in [3.8, 4) is 0 Å². The monoisotopic (exact) mass is 729 g/mol. The number of aliphatic hydroxyl groups is 1. The molecule has 8 amide bonds. The fourth-order valence-electron chi connectivity index (χ4n) is 4.80. The molecule has 51 heavy (non-hydrogen) atoms. The average molecular weight is 730 g/mol. The van der Waals surface area contributed by atoms with Crippen LogP contribution in [-0.2, 0) is 47.9 Å². The van der Waals surface area contributed by atoms with Gasteiger partial charge in [-0.25, -0.2) is 0 Å². The minimum Gasteiger partial charge on any atom is -0.481 e. The van der Waals surface area contributed by atoms with Crippen molar-refractivity contribution < 1.29 is 63.3 Å². The predicted octanol–water partition coefficient (Wildman–Crippen LogP) is -5.76. The van der Waals surface area contributed by atoms with Crippen LogP contribution in [0.4, 0.5) is 0 Å². The lowest BCUT2D eigenvalue weighted by Gasteiger charge is -2.29. The van der Waals surface area contributed by atoms with E-state index in [1.54, 1.807) is 0 Å². The summed E-state index contributed by atoms with van der Waals surface area (Å²) in [6.07, 6.45) is -2.06. The molecule has 1 aliphatic rings. The number of aliphatic hydroxyl groups excluding tert-OH is 1. The van der Waals surface area contributed by atoms with E-state index in [0.29, 0.717) is 6.42 Å². The summed E-state index contributed by atoms with van der Waals surface area (Å²) in [7, 11) is 0. The number of carbonyl (C=O) groups excluding carboxylic acids is 8. The second-order valence-corrected chi connectivity index (χ2v) is 11.9. The number of nitrogens with two attached hydrogens (primary N) is 3. The number of nitrogens with one attached hydrogen (secondary N) is 5. The molecule has 0 aliphatic carbocycles. The van der Waals surface area contributed by atoms with Gasteiger partial charge >= 0.3 is 11.9 Å². The highest BCUT2D eigenvalue weighted by atomic mass is 16.4. The lowest BCUT2D eigenvalue weighted by atomic mass is 10.1. The third-order valence-corrected chi connectivity index (χ3v) is 7.77. The SMILES string of the molecule is C[C@H](NC(=O)[C@@H]1CCCN1C(=O)[C@H](CO)NC(=O)[C@H](C)NC(=O)[C@H](CCC(=O)O)NC(=O)[C@H](CCC(=O)O)NC(=O)[C@@H](N)CCC(N)=O)C(N)=O. The van der Waals surface area contributed by atoms with Gasteiger partial charge in [-0.1, -0.05) is 0 Å². The molecule has 22 heteroatoms. The molecule has 1 heterocycles. The first-order chi connectivity index (χ1) is 23.8. The van der Waals surface area contributed by atoms with E-state index in [1.807, 2.05) is 0 Å². The van der Waals surface area contributed by atoms with E-state index >= 15 is 0 Å². The van der Waals surface area contributed by atoms with Crippen LogP contribution in [-0.4, -0.2) is 135 Å². The molecule has 286 valence electrons. The molecule has 1 fully saturated rings. The van der Waals surface area contributed by atoms with Crippen molar-refractivity contribution in [2.75, 3.05) is 13.2 Å². The molecule has 22 nitrogen and oxygen atoms in total. The number of carbonyl (C=O) groups is 10. The number of likely N-dealkylation sites (tertiary alicyclic amines) is 1. The standard InChI is InChI=1S/C29H47N9O13/c1-13(23(32)45)33-28(50)19-4-3-11-38(19)29(51)18(12-39)37-24(46)14(2)34-26(48)16(6-9-21(41)42)36-27(49)17(7-10-22(43)44)35-25(47)15(30)5-8-20(31)40/h13-19,39H,3-12,30H2,1-2H3,(H2,31,40)(H2,32,45)(H,33,50)(H,34,48)(H,35,47)(H,36,49)(H,37,46)(H,41,42)(H,43,44)/t13-,14-,15-,16-,17-,18-,19-/m0/s1. The van der Waals surface area contributed by atoms with Crippen molar-refractivity contribution in [3.05, 3.63) is 0 Å². The van der Waals surface area contributed by atoms with Crippen molar-refractivity contribution in [2.24, 2.45) is 17.2 Å². The van der Waals surface area contributed by atoms with Crippen LogP contribution < -0.4 is 43.8 Å². The molecule has 14 N–H and O–H groups in total. The highest BCUT2D eigenvalue weighted by molar-refractivity contribution is 5.97. The molecule has 0 radical (unpaired) electrons. The van der Waals surface area contributed by atoms with Crippen LogP contribution in [0.3, 0.4) is 0 Å². The zero-order valence-corrected chi connectivity index (χ0v) is 28.2. The summed E-state index contributed by atoms with van der Waals surface area (Å²) in [5, 5.41) is 39.6. The molecular weight excluding hydrogens is 682 g/mol. The molecular formula is C29H47N9O13. The second-order valence-electron chi connectivity index (χ2n) is 11.9. The first kappa shape index (κ1) is 43.6.